The van der Waals surface area contributed by atoms with Gasteiger partial charge in [0.2, 0.25) is 0 Å². The molecule has 1 aliphatic carbocycles. The summed E-state index contributed by atoms with van der Waals surface area (Å²) in [4.78, 5) is 14.6. The normalized spacial score (nSPS) is 14.4. The molecule has 2 aromatic carbocycles. The maximum absolute atomic E-state index is 12.1. The molecule has 2 aromatic rings. The summed E-state index contributed by atoms with van der Waals surface area (Å²) in [5.74, 6) is 0.101. The lowest BCUT2D eigenvalue weighted by molar-refractivity contribution is -0.114. The Hall–Kier alpha value is -2.48. The Kier molecular flexibility index (Phi) is 15.4. The Morgan fingerprint density at radius 2 is 1.46 bits per heavy atom. The monoisotopic (exact) mass is 605 g/mol. The third kappa shape index (κ3) is 12.5. The van der Waals surface area contributed by atoms with E-state index in [4.69, 9.17) is 17.8 Å². The summed E-state index contributed by atoms with van der Waals surface area (Å²) >= 11 is 0. The van der Waals surface area contributed by atoms with Gasteiger partial charge in [-0.05, 0) is 36.6 Å². The van der Waals surface area contributed by atoms with Crippen LogP contribution in [0, 0.1) is 0 Å². The maximum Gasteiger partial charge on any atom is 0.507 e. The van der Waals surface area contributed by atoms with Crippen molar-refractivity contribution in [2.45, 2.75) is 51.2 Å². The van der Waals surface area contributed by atoms with Gasteiger partial charge in [-0.1, -0.05) is 91.7 Å². The van der Waals surface area contributed by atoms with Gasteiger partial charge in [0.25, 0.3) is 0 Å². The van der Waals surface area contributed by atoms with Crippen LogP contribution in [0.25, 0.3) is 0 Å². The predicted molar refractivity (Wildman–Crippen MR) is 161 cm³/mol. The van der Waals surface area contributed by atoms with Crippen LogP contribution in [0.1, 0.15) is 43.7 Å². The molecule has 0 fully saturated rings. The zero-order valence-electron chi connectivity index (χ0n) is 24.4. The molecule has 0 amide bonds. The molecule has 11 heteroatoms. The fraction of sp³-hybridized carbons (Fsp3) is 0.433. The third-order valence-corrected chi connectivity index (χ3v) is 10.3. The van der Waals surface area contributed by atoms with E-state index in [0.29, 0.717) is 12.8 Å². The number of hydrogen-bond acceptors (Lipinski definition) is 8. The highest BCUT2D eigenvalue weighted by Gasteiger charge is 2.49. The van der Waals surface area contributed by atoms with Crippen LogP contribution in [0.15, 0.2) is 84.5 Å². The number of allylic oxidation sites excluding steroid dienone is 4. The molecule has 3 rings (SSSR count). The molecule has 1 unspecified atom stereocenters. The maximum atomic E-state index is 12.1. The van der Waals surface area contributed by atoms with E-state index in [0.717, 1.165) is 38.0 Å². The Balaban J connectivity index is 0.000000564. The van der Waals surface area contributed by atoms with E-state index in [9.17, 15) is 13.2 Å². The Morgan fingerprint density at radius 3 is 1.90 bits per heavy atom. The zero-order valence-corrected chi connectivity index (χ0v) is 26.2. The lowest BCUT2D eigenvalue weighted by atomic mass is 9.98. The average molecular weight is 606 g/mol. The lowest BCUT2D eigenvalue weighted by Gasteiger charge is -2.35. The fourth-order valence-corrected chi connectivity index (χ4v) is 7.44. The van der Waals surface area contributed by atoms with Crippen LogP contribution >= 0.6 is 0 Å². The highest BCUT2D eigenvalue weighted by Crippen LogP contribution is 2.38. The average Bonchev–Trinajstić information content (AvgIpc) is 2.96. The van der Waals surface area contributed by atoms with Gasteiger partial charge in [-0.15, -0.1) is 0 Å². The number of hydrogen-bond donors (Lipinski definition) is 1. The topological polar surface area (TPSA) is 112 Å². The number of rotatable bonds is 16. The van der Waals surface area contributed by atoms with E-state index in [2.05, 4.69) is 57.6 Å². The van der Waals surface area contributed by atoms with E-state index in [-0.39, 0.29) is 17.9 Å². The van der Waals surface area contributed by atoms with Gasteiger partial charge in [0, 0.05) is 40.8 Å². The van der Waals surface area contributed by atoms with Crippen LogP contribution in [-0.4, -0.2) is 66.9 Å². The minimum absolute atomic E-state index is 0.0648. The summed E-state index contributed by atoms with van der Waals surface area (Å²) in [7, 11) is -2.28. The molecule has 1 N–H and O–H groups in total. The number of nitrogens with zero attached hydrogens (tertiary/aromatic N) is 1. The molecular weight excluding hydrogens is 562 g/mol. The first kappa shape index (κ1) is 34.7. The van der Waals surface area contributed by atoms with E-state index in [1.165, 1.54) is 11.1 Å². The van der Waals surface area contributed by atoms with Gasteiger partial charge in [-0.3, -0.25) is 14.2 Å². The van der Waals surface area contributed by atoms with E-state index < -0.39 is 19.2 Å². The predicted octanol–water partition coefficient (Wildman–Crippen LogP) is 5.39. The van der Waals surface area contributed by atoms with Gasteiger partial charge in [-0.25, -0.2) is 4.18 Å². The summed E-state index contributed by atoms with van der Waals surface area (Å²) in [6.07, 6.45) is 8.09. The van der Waals surface area contributed by atoms with Crippen molar-refractivity contribution in [2.75, 3.05) is 34.5 Å². The van der Waals surface area contributed by atoms with Gasteiger partial charge in [0.05, 0.1) is 12.1 Å². The summed E-state index contributed by atoms with van der Waals surface area (Å²) in [5.41, 5.74) is 3.46. The van der Waals surface area contributed by atoms with Gasteiger partial charge in [0.15, 0.2) is 5.78 Å². The molecule has 0 aromatic heterocycles. The molecule has 0 heterocycles. The second kappa shape index (κ2) is 18.1. The molecule has 0 aliphatic heterocycles. The van der Waals surface area contributed by atoms with Crippen molar-refractivity contribution in [3.63, 3.8) is 0 Å². The van der Waals surface area contributed by atoms with E-state index in [1.807, 2.05) is 31.2 Å². The lowest BCUT2D eigenvalue weighted by Crippen LogP contribution is -2.49. The standard InChI is InChI=1S/C26H33NO4Si.C4H10O4S/c1-29-32(30-2,31-3)26(24-15-10-16-25(28)19-24)17-18-27(20-22-11-6-4-7-12-22)21-23-13-8-5-9-14-23;1-2-3-4-8-9(5,6)7/h4-16,26H,17-21H2,1-3H3;2-4H2,1H3,(H,5,6,7). The molecule has 226 valence electrons. The van der Waals surface area contributed by atoms with Gasteiger partial charge in [0.1, 0.15) is 0 Å². The number of benzene rings is 2. The van der Waals surface area contributed by atoms with Crippen molar-refractivity contribution >= 4 is 25.0 Å². The van der Waals surface area contributed by atoms with Crippen LogP contribution in [0.5, 0.6) is 0 Å². The second-order valence-corrected chi connectivity index (χ2v) is 13.8. The van der Waals surface area contributed by atoms with Gasteiger partial charge >= 0.3 is 19.2 Å². The van der Waals surface area contributed by atoms with Gasteiger partial charge in [-0.2, -0.15) is 8.42 Å². The van der Waals surface area contributed by atoms with Crippen LogP contribution in [0.3, 0.4) is 0 Å². The summed E-state index contributed by atoms with van der Waals surface area (Å²) < 4.78 is 49.2. The SMILES string of the molecule is CCCCOS(=O)(=O)O.CO[Si](OC)(OC)C(CCN(Cc1ccccc1)Cc1ccccc1)C1=CC=CC(=O)C1. The van der Waals surface area contributed by atoms with Gasteiger partial charge < -0.3 is 13.3 Å². The Morgan fingerprint density at radius 1 is 0.927 bits per heavy atom. The summed E-state index contributed by atoms with van der Waals surface area (Å²) in [6.45, 7) is 4.45. The Labute approximate surface area is 246 Å². The van der Waals surface area contributed by atoms with Crippen molar-refractivity contribution < 1.29 is 35.2 Å². The van der Waals surface area contributed by atoms with Crippen molar-refractivity contribution in [1.82, 2.24) is 4.90 Å². The highest BCUT2D eigenvalue weighted by molar-refractivity contribution is 7.80. The molecule has 41 heavy (non-hydrogen) atoms. The molecule has 0 saturated carbocycles. The number of carbonyl (C=O) groups is 1. The van der Waals surface area contributed by atoms with Crippen LogP contribution in [-0.2, 0) is 45.7 Å². The first-order valence-electron chi connectivity index (χ1n) is 13.6. The minimum atomic E-state index is -4.20. The zero-order chi connectivity index (χ0) is 30.1. The number of carbonyl (C=O) groups excluding carboxylic acids is 1. The molecule has 0 spiro atoms. The highest BCUT2D eigenvalue weighted by atomic mass is 32.3. The van der Waals surface area contributed by atoms with Crippen LogP contribution in [0.4, 0.5) is 0 Å². The Bertz CT molecular complexity index is 1150. The third-order valence-electron chi connectivity index (χ3n) is 6.66. The van der Waals surface area contributed by atoms with Crippen molar-refractivity contribution in [3.8, 4) is 0 Å². The van der Waals surface area contributed by atoms with E-state index >= 15 is 0 Å². The van der Waals surface area contributed by atoms with Crippen molar-refractivity contribution in [1.29, 1.82) is 0 Å². The van der Waals surface area contributed by atoms with Crippen LogP contribution in [0.2, 0.25) is 5.54 Å². The molecular formula is C30H43NO8SSi. The molecule has 0 radical (unpaired) electrons. The largest absolute Gasteiger partial charge is 0.507 e. The number of ketones is 1. The number of unbranched alkanes of at least 4 members (excludes halogenated alkanes) is 1. The second-order valence-electron chi connectivity index (χ2n) is 9.59. The molecule has 1 aliphatic rings. The van der Waals surface area contributed by atoms with Crippen molar-refractivity contribution in [3.05, 3.63) is 95.6 Å². The van der Waals surface area contributed by atoms with Crippen LogP contribution < -0.4 is 0 Å². The molecule has 0 saturated heterocycles. The smallest absolute Gasteiger partial charge is 0.376 e. The first-order chi connectivity index (χ1) is 19.7. The summed E-state index contributed by atoms with van der Waals surface area (Å²) in [6, 6.07) is 21.0. The quantitative estimate of drug-likeness (QED) is 0.153. The molecule has 0 bridgehead atoms. The summed E-state index contributed by atoms with van der Waals surface area (Å²) in [5, 5.41) is 0. The van der Waals surface area contributed by atoms with E-state index in [1.54, 1.807) is 27.4 Å². The minimum Gasteiger partial charge on any atom is -0.376 e. The fourth-order valence-electron chi connectivity index (χ4n) is 4.62. The first-order valence-corrected chi connectivity index (χ1v) is 16.8. The molecule has 1 atom stereocenters. The molecule has 9 nitrogen and oxygen atoms in total. The van der Waals surface area contributed by atoms with Crippen molar-refractivity contribution in [2.24, 2.45) is 0 Å².